The Labute approximate surface area is 99.8 Å². The third-order valence-corrected chi connectivity index (χ3v) is 2.45. The molecule has 0 fully saturated rings. The molecule has 0 amide bonds. The van der Waals surface area contributed by atoms with Gasteiger partial charge in [-0.15, -0.1) is 0 Å². The van der Waals surface area contributed by atoms with Crippen LogP contribution in [0, 0.1) is 6.92 Å². The van der Waals surface area contributed by atoms with Crippen molar-refractivity contribution in [1.82, 2.24) is 0 Å². The van der Waals surface area contributed by atoms with Crippen LogP contribution in [-0.2, 0) is 9.53 Å². The van der Waals surface area contributed by atoms with Crippen molar-refractivity contribution in [3.63, 3.8) is 0 Å². The van der Waals surface area contributed by atoms with Crippen LogP contribution in [0.1, 0.15) is 24.2 Å². The highest BCUT2D eigenvalue weighted by Crippen LogP contribution is 2.23. The molecule has 1 rings (SSSR count). The van der Waals surface area contributed by atoms with Crippen molar-refractivity contribution in [3.8, 4) is 0 Å². The summed E-state index contributed by atoms with van der Waals surface area (Å²) >= 11 is 0. The summed E-state index contributed by atoms with van der Waals surface area (Å²) in [5.41, 5.74) is 7.22. The summed E-state index contributed by atoms with van der Waals surface area (Å²) in [6, 6.07) is 4.93. The van der Waals surface area contributed by atoms with E-state index in [2.05, 4.69) is 4.74 Å². The minimum absolute atomic E-state index is 0.151. The minimum Gasteiger partial charge on any atom is -0.464 e. The van der Waals surface area contributed by atoms with Gasteiger partial charge in [-0.25, -0.2) is 4.79 Å². The molecule has 2 unspecified atom stereocenters. The smallest absolute Gasteiger partial charge is 0.338 e. The molecule has 1 aromatic rings. The molecular formula is C12H17NO4. The molecule has 0 radical (unpaired) electrons. The van der Waals surface area contributed by atoms with Gasteiger partial charge in [0.2, 0.25) is 0 Å². The van der Waals surface area contributed by atoms with E-state index in [4.69, 9.17) is 5.73 Å². The van der Waals surface area contributed by atoms with Crippen molar-refractivity contribution in [2.75, 3.05) is 12.3 Å². The minimum atomic E-state index is -1.60. The van der Waals surface area contributed by atoms with Gasteiger partial charge in [0.25, 0.3) is 0 Å². The summed E-state index contributed by atoms with van der Waals surface area (Å²) in [5.74, 6) is -0.846. The Morgan fingerprint density at radius 2 is 2.12 bits per heavy atom. The van der Waals surface area contributed by atoms with E-state index in [-0.39, 0.29) is 6.61 Å². The van der Waals surface area contributed by atoms with E-state index in [0.29, 0.717) is 11.3 Å². The molecule has 5 nitrogen and oxygen atoms in total. The Kier molecular flexibility index (Phi) is 4.48. The molecule has 17 heavy (non-hydrogen) atoms. The Balaban J connectivity index is 2.91. The lowest BCUT2D eigenvalue weighted by Gasteiger charge is -2.18. The van der Waals surface area contributed by atoms with Gasteiger partial charge in [-0.1, -0.05) is 6.07 Å². The van der Waals surface area contributed by atoms with E-state index in [9.17, 15) is 15.0 Å². The summed E-state index contributed by atoms with van der Waals surface area (Å²) in [5, 5.41) is 19.5. The third kappa shape index (κ3) is 3.18. The van der Waals surface area contributed by atoms with Crippen LogP contribution in [-0.4, -0.2) is 28.9 Å². The zero-order valence-corrected chi connectivity index (χ0v) is 9.88. The Morgan fingerprint density at radius 1 is 1.47 bits per heavy atom. The predicted molar refractivity (Wildman–Crippen MR) is 63.2 cm³/mol. The first kappa shape index (κ1) is 13.5. The van der Waals surface area contributed by atoms with E-state index in [1.165, 1.54) is 6.07 Å². The molecule has 0 aliphatic heterocycles. The van der Waals surface area contributed by atoms with E-state index in [0.717, 1.165) is 5.56 Å². The highest BCUT2D eigenvalue weighted by atomic mass is 16.5. The van der Waals surface area contributed by atoms with Crippen molar-refractivity contribution >= 4 is 11.7 Å². The monoisotopic (exact) mass is 239 g/mol. The molecule has 0 saturated carbocycles. The number of carbonyl (C=O) groups excluding carboxylic acids is 1. The molecule has 4 N–H and O–H groups in total. The Morgan fingerprint density at radius 3 is 2.71 bits per heavy atom. The summed E-state index contributed by atoms with van der Waals surface area (Å²) in [6.45, 7) is 3.54. The zero-order valence-electron chi connectivity index (χ0n) is 9.88. The summed E-state index contributed by atoms with van der Waals surface area (Å²) in [6.07, 6.45) is -2.94. The SMILES string of the molecule is CCOC(=O)C(O)C(O)c1cc(N)ccc1C. The first-order chi connectivity index (χ1) is 7.97. The number of carbonyl (C=O) groups is 1. The van der Waals surface area contributed by atoms with E-state index in [1.807, 2.05) is 0 Å². The van der Waals surface area contributed by atoms with Crippen LogP contribution in [0.25, 0.3) is 0 Å². The van der Waals surface area contributed by atoms with Gasteiger partial charge < -0.3 is 20.7 Å². The van der Waals surface area contributed by atoms with Crippen LogP contribution < -0.4 is 5.73 Å². The molecule has 0 aromatic heterocycles. The third-order valence-electron chi connectivity index (χ3n) is 2.45. The van der Waals surface area contributed by atoms with Gasteiger partial charge in [0.15, 0.2) is 6.10 Å². The Bertz CT molecular complexity index is 405. The lowest BCUT2D eigenvalue weighted by molar-refractivity contribution is -0.159. The Hall–Kier alpha value is -1.59. The van der Waals surface area contributed by atoms with E-state index in [1.54, 1.807) is 26.0 Å². The van der Waals surface area contributed by atoms with E-state index < -0.39 is 18.2 Å². The number of esters is 1. The van der Waals surface area contributed by atoms with Gasteiger partial charge in [-0.05, 0) is 37.1 Å². The number of hydrogen-bond acceptors (Lipinski definition) is 5. The molecule has 1 aromatic carbocycles. The average Bonchev–Trinajstić information content (AvgIpc) is 2.30. The quantitative estimate of drug-likeness (QED) is 0.526. The lowest BCUT2D eigenvalue weighted by Crippen LogP contribution is -2.30. The van der Waals surface area contributed by atoms with Crippen LogP contribution in [0.15, 0.2) is 18.2 Å². The van der Waals surface area contributed by atoms with Crippen molar-refractivity contribution in [3.05, 3.63) is 29.3 Å². The van der Waals surface area contributed by atoms with Gasteiger partial charge in [-0.3, -0.25) is 0 Å². The highest BCUT2D eigenvalue weighted by molar-refractivity contribution is 5.75. The largest absolute Gasteiger partial charge is 0.464 e. The second-order valence-electron chi connectivity index (χ2n) is 3.76. The standard InChI is InChI=1S/C12H17NO4/c1-3-17-12(16)11(15)10(14)9-6-8(13)5-4-7(9)2/h4-6,10-11,14-15H,3,13H2,1-2H3. The topological polar surface area (TPSA) is 92.8 Å². The number of nitrogens with two attached hydrogens (primary N) is 1. The fraction of sp³-hybridized carbons (Fsp3) is 0.417. The predicted octanol–water partition coefficient (Wildman–Crippen LogP) is 0.535. The molecule has 0 aliphatic rings. The average molecular weight is 239 g/mol. The number of anilines is 1. The van der Waals surface area contributed by atoms with Gasteiger partial charge >= 0.3 is 5.97 Å². The van der Waals surface area contributed by atoms with Crippen molar-refractivity contribution < 1.29 is 19.7 Å². The van der Waals surface area contributed by atoms with Crippen molar-refractivity contribution in [2.45, 2.75) is 26.1 Å². The molecule has 0 spiro atoms. The molecule has 2 atom stereocenters. The lowest BCUT2D eigenvalue weighted by atomic mass is 9.99. The number of aliphatic hydroxyl groups excluding tert-OH is 2. The fourth-order valence-electron chi connectivity index (χ4n) is 1.50. The van der Waals surface area contributed by atoms with Gasteiger partial charge in [-0.2, -0.15) is 0 Å². The van der Waals surface area contributed by atoms with Crippen molar-refractivity contribution in [2.24, 2.45) is 0 Å². The van der Waals surface area contributed by atoms with Crippen LogP contribution in [0.3, 0.4) is 0 Å². The number of hydrogen-bond donors (Lipinski definition) is 3. The van der Waals surface area contributed by atoms with Gasteiger partial charge in [0.1, 0.15) is 6.10 Å². The summed E-state index contributed by atoms with van der Waals surface area (Å²) in [7, 11) is 0. The maximum Gasteiger partial charge on any atom is 0.338 e. The molecular weight excluding hydrogens is 222 g/mol. The van der Waals surface area contributed by atoms with E-state index >= 15 is 0 Å². The van der Waals surface area contributed by atoms with Crippen molar-refractivity contribution in [1.29, 1.82) is 0 Å². The van der Waals surface area contributed by atoms with Crippen LogP contribution in [0.2, 0.25) is 0 Å². The first-order valence-corrected chi connectivity index (χ1v) is 5.36. The number of ether oxygens (including phenoxy) is 1. The number of benzene rings is 1. The highest BCUT2D eigenvalue weighted by Gasteiger charge is 2.27. The number of aryl methyl sites for hydroxylation is 1. The maximum atomic E-state index is 11.3. The summed E-state index contributed by atoms with van der Waals surface area (Å²) < 4.78 is 4.64. The molecule has 94 valence electrons. The zero-order chi connectivity index (χ0) is 13.0. The fourth-order valence-corrected chi connectivity index (χ4v) is 1.50. The van der Waals surface area contributed by atoms with Gasteiger partial charge in [0, 0.05) is 5.69 Å². The molecule has 0 bridgehead atoms. The molecule has 5 heteroatoms. The molecule has 0 heterocycles. The van der Waals surface area contributed by atoms with Crippen LogP contribution in [0.4, 0.5) is 5.69 Å². The number of nitrogen functional groups attached to an aromatic ring is 1. The normalized spacial score (nSPS) is 14.1. The van der Waals surface area contributed by atoms with Crippen LogP contribution >= 0.6 is 0 Å². The summed E-state index contributed by atoms with van der Waals surface area (Å²) in [4.78, 5) is 11.3. The molecule has 0 aliphatic carbocycles. The maximum absolute atomic E-state index is 11.3. The second-order valence-corrected chi connectivity index (χ2v) is 3.76. The molecule has 0 saturated heterocycles. The number of aliphatic hydroxyl groups is 2. The first-order valence-electron chi connectivity index (χ1n) is 5.36. The van der Waals surface area contributed by atoms with Gasteiger partial charge in [0.05, 0.1) is 6.61 Å². The van der Waals surface area contributed by atoms with Crippen LogP contribution in [0.5, 0.6) is 0 Å². The number of rotatable bonds is 4. The second kappa shape index (κ2) is 5.65.